The molecule has 0 saturated heterocycles. The molecule has 2 rings (SSSR count). The van der Waals surface area contributed by atoms with Crippen molar-refractivity contribution in [2.75, 3.05) is 26.1 Å². The molecule has 9 heteroatoms. The Labute approximate surface area is 166 Å². The zero-order chi connectivity index (χ0) is 21.4. The second kappa shape index (κ2) is 10.1. The highest BCUT2D eigenvalue weighted by molar-refractivity contribution is 5.97. The molecule has 154 valence electrons. The molecule has 2 N–H and O–H groups in total. The lowest BCUT2D eigenvalue weighted by Gasteiger charge is -2.14. The van der Waals surface area contributed by atoms with E-state index in [1.54, 1.807) is 6.07 Å². The van der Waals surface area contributed by atoms with Gasteiger partial charge in [0.15, 0.2) is 17.6 Å². The van der Waals surface area contributed by atoms with E-state index in [2.05, 4.69) is 10.6 Å². The van der Waals surface area contributed by atoms with Gasteiger partial charge in [-0.15, -0.1) is 0 Å². The first-order valence-electron chi connectivity index (χ1n) is 8.60. The Morgan fingerprint density at radius 3 is 2.41 bits per heavy atom. The standard InChI is InChI=1S/C20H21FN2O6/c1-12(19(25)23-15-6-4-5-14(21)10-15)29-18(24)11-22-20(26)13-7-8-16(27-2)17(9-13)28-3/h4-10,12H,11H2,1-3H3,(H,22,26)(H,23,25). The third-order valence-corrected chi connectivity index (χ3v) is 3.81. The van der Waals surface area contributed by atoms with Crippen LogP contribution in [0.3, 0.4) is 0 Å². The average Bonchev–Trinajstić information content (AvgIpc) is 2.71. The summed E-state index contributed by atoms with van der Waals surface area (Å²) in [5.41, 5.74) is 0.493. The zero-order valence-electron chi connectivity index (χ0n) is 16.2. The first kappa shape index (κ1) is 21.7. The molecular formula is C20H21FN2O6. The summed E-state index contributed by atoms with van der Waals surface area (Å²) >= 11 is 0. The Bertz CT molecular complexity index is 902. The maximum absolute atomic E-state index is 13.1. The molecule has 1 unspecified atom stereocenters. The van der Waals surface area contributed by atoms with Crippen LogP contribution in [-0.4, -0.2) is 44.7 Å². The molecule has 0 aliphatic carbocycles. The molecule has 0 spiro atoms. The van der Waals surface area contributed by atoms with Crippen LogP contribution in [0.5, 0.6) is 11.5 Å². The maximum Gasteiger partial charge on any atom is 0.326 e. The summed E-state index contributed by atoms with van der Waals surface area (Å²) in [7, 11) is 2.91. The van der Waals surface area contributed by atoms with Gasteiger partial charge in [0.05, 0.1) is 14.2 Å². The van der Waals surface area contributed by atoms with Gasteiger partial charge in [0.25, 0.3) is 11.8 Å². The predicted molar refractivity (Wildman–Crippen MR) is 102 cm³/mol. The van der Waals surface area contributed by atoms with E-state index in [-0.39, 0.29) is 11.3 Å². The van der Waals surface area contributed by atoms with Crippen molar-refractivity contribution in [1.29, 1.82) is 0 Å². The quantitative estimate of drug-likeness (QED) is 0.654. The Hall–Kier alpha value is -3.62. The van der Waals surface area contributed by atoms with Gasteiger partial charge >= 0.3 is 5.97 Å². The van der Waals surface area contributed by atoms with Crippen molar-refractivity contribution in [3.63, 3.8) is 0 Å². The van der Waals surface area contributed by atoms with Crippen molar-refractivity contribution < 1.29 is 33.0 Å². The summed E-state index contributed by atoms with van der Waals surface area (Å²) in [6.45, 7) is 0.924. The van der Waals surface area contributed by atoms with Gasteiger partial charge in [-0.25, -0.2) is 4.39 Å². The van der Waals surface area contributed by atoms with Crippen LogP contribution in [-0.2, 0) is 14.3 Å². The molecular weight excluding hydrogens is 383 g/mol. The van der Waals surface area contributed by atoms with Crippen LogP contribution in [0.25, 0.3) is 0 Å². The molecule has 29 heavy (non-hydrogen) atoms. The van der Waals surface area contributed by atoms with Gasteiger partial charge in [0.1, 0.15) is 12.4 Å². The van der Waals surface area contributed by atoms with Gasteiger partial charge in [-0.1, -0.05) is 6.07 Å². The Kier molecular flexibility index (Phi) is 7.53. The van der Waals surface area contributed by atoms with E-state index in [1.165, 1.54) is 51.5 Å². The molecule has 0 fully saturated rings. The number of carbonyl (C=O) groups excluding carboxylic acids is 3. The van der Waals surface area contributed by atoms with Crippen molar-refractivity contribution in [3.8, 4) is 11.5 Å². The number of carbonyl (C=O) groups is 3. The molecule has 0 radical (unpaired) electrons. The lowest BCUT2D eigenvalue weighted by atomic mass is 10.2. The summed E-state index contributed by atoms with van der Waals surface area (Å²) in [5.74, 6) is -1.65. The topological polar surface area (TPSA) is 103 Å². The van der Waals surface area contributed by atoms with E-state index in [1.807, 2.05) is 0 Å². The Morgan fingerprint density at radius 2 is 1.76 bits per heavy atom. The predicted octanol–water partition coefficient (Wildman–Crippen LogP) is 2.14. The average molecular weight is 404 g/mol. The number of rotatable bonds is 8. The number of methoxy groups -OCH3 is 2. The van der Waals surface area contributed by atoms with Gasteiger partial charge < -0.3 is 24.8 Å². The molecule has 8 nitrogen and oxygen atoms in total. The number of halogens is 1. The fraction of sp³-hybridized carbons (Fsp3) is 0.250. The van der Waals surface area contributed by atoms with Crippen LogP contribution in [0.15, 0.2) is 42.5 Å². The van der Waals surface area contributed by atoms with E-state index >= 15 is 0 Å². The van der Waals surface area contributed by atoms with Gasteiger partial charge in [-0.05, 0) is 43.3 Å². The van der Waals surface area contributed by atoms with Crippen LogP contribution < -0.4 is 20.1 Å². The molecule has 0 aliphatic rings. The van der Waals surface area contributed by atoms with E-state index in [9.17, 15) is 18.8 Å². The minimum Gasteiger partial charge on any atom is -0.493 e. The number of anilines is 1. The number of ether oxygens (including phenoxy) is 3. The van der Waals surface area contributed by atoms with E-state index in [4.69, 9.17) is 14.2 Å². The maximum atomic E-state index is 13.1. The SMILES string of the molecule is COc1ccc(C(=O)NCC(=O)OC(C)C(=O)Nc2cccc(F)c2)cc1OC. The normalized spacial score (nSPS) is 11.2. The van der Waals surface area contributed by atoms with Crippen molar-refractivity contribution in [2.24, 2.45) is 0 Å². The van der Waals surface area contributed by atoms with Crippen LogP contribution >= 0.6 is 0 Å². The Morgan fingerprint density at radius 1 is 1.03 bits per heavy atom. The molecule has 2 aromatic rings. The fourth-order valence-corrected chi connectivity index (χ4v) is 2.33. The molecule has 2 aromatic carbocycles. The van der Waals surface area contributed by atoms with Crippen LogP contribution in [0.4, 0.5) is 10.1 Å². The number of amides is 2. The third kappa shape index (κ3) is 6.20. The number of nitrogens with one attached hydrogen (secondary N) is 2. The highest BCUT2D eigenvalue weighted by atomic mass is 19.1. The molecule has 0 heterocycles. The second-order valence-electron chi connectivity index (χ2n) is 5.88. The largest absolute Gasteiger partial charge is 0.493 e. The molecule has 1 atom stereocenters. The molecule has 0 bridgehead atoms. The first-order chi connectivity index (χ1) is 13.8. The number of esters is 1. The fourth-order valence-electron chi connectivity index (χ4n) is 2.33. The van der Waals surface area contributed by atoms with Gasteiger partial charge in [-0.3, -0.25) is 14.4 Å². The van der Waals surface area contributed by atoms with E-state index in [0.717, 1.165) is 6.07 Å². The van der Waals surface area contributed by atoms with Crippen molar-refractivity contribution in [1.82, 2.24) is 5.32 Å². The summed E-state index contributed by atoms with van der Waals surface area (Å²) in [5, 5.41) is 4.83. The van der Waals surface area contributed by atoms with E-state index < -0.39 is 36.2 Å². The Balaban J connectivity index is 1.85. The highest BCUT2D eigenvalue weighted by Crippen LogP contribution is 2.27. The molecule has 0 saturated carbocycles. The molecule has 0 aromatic heterocycles. The van der Waals surface area contributed by atoms with Crippen LogP contribution in [0.2, 0.25) is 0 Å². The van der Waals surface area contributed by atoms with Gasteiger partial charge in [0, 0.05) is 11.3 Å². The summed E-state index contributed by atoms with van der Waals surface area (Å²) in [6, 6.07) is 9.84. The summed E-state index contributed by atoms with van der Waals surface area (Å²) in [4.78, 5) is 36.1. The van der Waals surface area contributed by atoms with Crippen LogP contribution in [0, 0.1) is 5.82 Å². The summed E-state index contributed by atoms with van der Waals surface area (Å²) < 4.78 is 28.3. The minimum absolute atomic E-state index is 0.236. The second-order valence-corrected chi connectivity index (χ2v) is 5.88. The number of hydrogen-bond acceptors (Lipinski definition) is 6. The highest BCUT2D eigenvalue weighted by Gasteiger charge is 2.19. The number of benzene rings is 2. The zero-order valence-corrected chi connectivity index (χ0v) is 16.2. The lowest BCUT2D eigenvalue weighted by Crippen LogP contribution is -2.35. The van der Waals surface area contributed by atoms with Crippen molar-refractivity contribution in [3.05, 3.63) is 53.8 Å². The van der Waals surface area contributed by atoms with Crippen LogP contribution in [0.1, 0.15) is 17.3 Å². The van der Waals surface area contributed by atoms with Crippen molar-refractivity contribution >= 4 is 23.5 Å². The lowest BCUT2D eigenvalue weighted by molar-refractivity contribution is -0.152. The molecule has 0 aliphatic heterocycles. The number of hydrogen-bond donors (Lipinski definition) is 2. The smallest absolute Gasteiger partial charge is 0.326 e. The van der Waals surface area contributed by atoms with Gasteiger partial charge in [0.2, 0.25) is 0 Å². The van der Waals surface area contributed by atoms with E-state index in [0.29, 0.717) is 11.5 Å². The minimum atomic E-state index is -1.14. The third-order valence-electron chi connectivity index (χ3n) is 3.81. The van der Waals surface area contributed by atoms with Crippen molar-refractivity contribution in [2.45, 2.75) is 13.0 Å². The summed E-state index contributed by atoms with van der Waals surface area (Å²) in [6.07, 6.45) is -1.14. The first-order valence-corrected chi connectivity index (χ1v) is 8.60. The monoisotopic (exact) mass is 404 g/mol. The molecule has 2 amide bonds. The van der Waals surface area contributed by atoms with Gasteiger partial charge in [-0.2, -0.15) is 0 Å².